The van der Waals surface area contributed by atoms with Gasteiger partial charge in [0.05, 0.1) is 11.7 Å². The minimum Gasteiger partial charge on any atom is -0.508 e. The van der Waals surface area contributed by atoms with E-state index in [2.05, 4.69) is 0 Å². The first-order valence-corrected chi connectivity index (χ1v) is 12.7. The fourth-order valence-electron chi connectivity index (χ4n) is 4.72. The Morgan fingerprint density at radius 1 is 0.900 bits per heavy atom. The average Bonchev–Trinajstić information content (AvgIpc) is 2.96. The summed E-state index contributed by atoms with van der Waals surface area (Å²) in [5.74, 6) is 0.148. The Bertz CT molecular complexity index is 1310. The number of methoxy groups -OCH3 is 1. The van der Waals surface area contributed by atoms with Crippen molar-refractivity contribution in [1.82, 2.24) is 0 Å². The van der Waals surface area contributed by atoms with E-state index in [0.29, 0.717) is 12.2 Å². The van der Waals surface area contributed by atoms with E-state index in [1.807, 2.05) is 0 Å². The number of aromatic hydroxyl groups is 2. The summed E-state index contributed by atoms with van der Waals surface area (Å²) in [4.78, 5) is 12.3. The van der Waals surface area contributed by atoms with Crippen molar-refractivity contribution < 1.29 is 54.0 Å². The summed E-state index contributed by atoms with van der Waals surface area (Å²) in [5.41, 5.74) is 1.82. The van der Waals surface area contributed by atoms with Crippen LogP contribution in [0.15, 0.2) is 66.7 Å². The molecule has 0 bridgehead atoms. The number of aliphatic hydroxyl groups is 3. The summed E-state index contributed by atoms with van der Waals surface area (Å²) < 4.78 is 28.6. The highest BCUT2D eigenvalue weighted by molar-refractivity contribution is 5.89. The van der Waals surface area contributed by atoms with Gasteiger partial charge in [0.2, 0.25) is 6.29 Å². The molecule has 2 aliphatic heterocycles. The summed E-state index contributed by atoms with van der Waals surface area (Å²) in [6.45, 7) is -0.429. The lowest BCUT2D eigenvalue weighted by Gasteiger charge is -2.40. The molecule has 212 valence electrons. The van der Waals surface area contributed by atoms with Crippen LogP contribution in [0.3, 0.4) is 0 Å². The third-order valence-electron chi connectivity index (χ3n) is 6.98. The number of phenols is 2. The number of rotatable bonds is 7. The van der Waals surface area contributed by atoms with Crippen LogP contribution in [0, 0.1) is 0 Å². The quantitative estimate of drug-likeness (QED) is 0.272. The van der Waals surface area contributed by atoms with Gasteiger partial charge < -0.3 is 49.2 Å². The number of aliphatic hydroxyl groups excluding tert-OH is 3. The zero-order chi connectivity index (χ0) is 28.4. The molecule has 3 aromatic carbocycles. The highest BCUT2D eigenvalue weighted by Crippen LogP contribution is 2.44. The molecule has 0 radical (unpaired) electrons. The fourth-order valence-corrected chi connectivity index (χ4v) is 4.72. The van der Waals surface area contributed by atoms with Crippen LogP contribution in [-0.4, -0.2) is 75.9 Å². The monoisotopic (exact) mass is 554 g/mol. The molecule has 5 N–H and O–H groups in total. The Labute approximate surface area is 229 Å². The molecular formula is C29H30O11. The zero-order valence-electron chi connectivity index (χ0n) is 21.5. The van der Waals surface area contributed by atoms with Gasteiger partial charge in [-0.2, -0.15) is 0 Å². The van der Waals surface area contributed by atoms with Crippen molar-refractivity contribution in [3.8, 4) is 23.0 Å². The topological polar surface area (TPSA) is 164 Å². The second-order valence-corrected chi connectivity index (χ2v) is 9.64. The Balaban J connectivity index is 1.29. The van der Waals surface area contributed by atoms with Crippen LogP contribution >= 0.6 is 0 Å². The number of esters is 1. The Morgan fingerprint density at radius 3 is 2.25 bits per heavy atom. The van der Waals surface area contributed by atoms with E-state index >= 15 is 0 Å². The van der Waals surface area contributed by atoms with Crippen LogP contribution in [0.25, 0.3) is 0 Å². The number of hydrogen-bond acceptors (Lipinski definition) is 11. The molecule has 0 spiro atoms. The van der Waals surface area contributed by atoms with Crippen LogP contribution in [0.4, 0.5) is 0 Å². The second-order valence-electron chi connectivity index (χ2n) is 9.64. The predicted molar refractivity (Wildman–Crippen MR) is 138 cm³/mol. The van der Waals surface area contributed by atoms with Crippen LogP contribution in [0.1, 0.15) is 40.1 Å². The Morgan fingerprint density at radius 2 is 1.57 bits per heavy atom. The smallest absolute Gasteiger partial charge is 0.338 e. The summed E-state index contributed by atoms with van der Waals surface area (Å²) in [6, 6.07) is 17.1. The maximum atomic E-state index is 12.3. The average molecular weight is 555 g/mol. The van der Waals surface area contributed by atoms with Crippen LogP contribution in [-0.2, 0) is 14.2 Å². The molecule has 7 atom stereocenters. The summed E-state index contributed by atoms with van der Waals surface area (Å²) in [7, 11) is 1.60. The molecular weight excluding hydrogens is 524 g/mol. The minimum atomic E-state index is -1.64. The van der Waals surface area contributed by atoms with Gasteiger partial charge in [-0.15, -0.1) is 0 Å². The lowest BCUT2D eigenvalue weighted by Crippen LogP contribution is -2.60. The Hall–Kier alpha value is -3.87. The highest BCUT2D eigenvalue weighted by Gasteiger charge is 2.45. The van der Waals surface area contributed by atoms with Crippen molar-refractivity contribution in [3.63, 3.8) is 0 Å². The first-order chi connectivity index (χ1) is 19.2. The van der Waals surface area contributed by atoms with Gasteiger partial charge in [0, 0.05) is 25.2 Å². The molecule has 3 aromatic rings. The number of fused-ring (bicyclic) bond motifs is 1. The van der Waals surface area contributed by atoms with Crippen molar-refractivity contribution >= 4 is 5.97 Å². The normalized spacial score (nSPS) is 27.8. The first-order valence-electron chi connectivity index (χ1n) is 12.7. The van der Waals surface area contributed by atoms with Gasteiger partial charge in [-0.1, -0.05) is 12.1 Å². The molecule has 11 heteroatoms. The second kappa shape index (κ2) is 11.7. The summed E-state index contributed by atoms with van der Waals surface area (Å²) in [6.07, 6.45) is -7.46. The zero-order valence-corrected chi connectivity index (χ0v) is 21.5. The third kappa shape index (κ3) is 5.83. The van der Waals surface area contributed by atoms with Gasteiger partial charge in [0.15, 0.2) is 0 Å². The van der Waals surface area contributed by atoms with Gasteiger partial charge in [-0.3, -0.25) is 0 Å². The molecule has 1 saturated heterocycles. The van der Waals surface area contributed by atoms with E-state index in [1.54, 1.807) is 49.6 Å². The minimum absolute atomic E-state index is 0.0131. The molecule has 2 heterocycles. The third-order valence-corrected chi connectivity index (χ3v) is 6.98. The lowest BCUT2D eigenvalue weighted by atomic mass is 9.94. The molecule has 0 saturated carbocycles. The summed E-state index contributed by atoms with van der Waals surface area (Å²) >= 11 is 0. The van der Waals surface area contributed by atoms with Gasteiger partial charge in [-0.05, 0) is 54.1 Å². The number of hydrogen-bond donors (Lipinski definition) is 5. The van der Waals surface area contributed by atoms with Crippen molar-refractivity contribution in [2.45, 2.75) is 49.3 Å². The number of ether oxygens (including phenoxy) is 5. The van der Waals surface area contributed by atoms with Crippen molar-refractivity contribution in [2.75, 3.05) is 13.7 Å². The molecule has 2 aliphatic rings. The molecule has 0 amide bonds. The standard InChI is InChI=1S/C29H30O11/c1-36-22-13-21(15-2-6-17(30)7-3-15)39-23-12-19(10-11-20(22)23)38-29-27(34)26(33)25(32)24(40-29)14-37-28(35)16-4-8-18(31)9-5-16/h2-12,21-22,24-27,29-34H,13-14H2,1H3/t21-,22-,24-,25-,26-,27-,29-/m0/s1. The lowest BCUT2D eigenvalue weighted by molar-refractivity contribution is -0.277. The highest BCUT2D eigenvalue weighted by atomic mass is 16.7. The van der Waals surface area contributed by atoms with Gasteiger partial charge in [-0.25, -0.2) is 4.79 Å². The molecule has 11 nitrogen and oxygen atoms in total. The maximum Gasteiger partial charge on any atom is 0.338 e. The van der Waals surface area contributed by atoms with Crippen LogP contribution in [0.2, 0.25) is 0 Å². The number of carbonyl (C=O) groups is 1. The van der Waals surface area contributed by atoms with E-state index in [0.717, 1.165) is 11.1 Å². The molecule has 5 rings (SSSR count). The Kier molecular flexibility index (Phi) is 8.10. The molecule has 0 unspecified atom stereocenters. The first kappa shape index (κ1) is 27.7. The number of benzene rings is 3. The van der Waals surface area contributed by atoms with E-state index in [9.17, 15) is 30.3 Å². The maximum absolute atomic E-state index is 12.3. The molecule has 0 aromatic heterocycles. The number of phenolic OH excluding ortho intramolecular Hbond substituents is 2. The van der Waals surface area contributed by atoms with E-state index in [-0.39, 0.29) is 35.0 Å². The van der Waals surface area contributed by atoms with E-state index in [4.69, 9.17) is 23.7 Å². The molecule has 1 fully saturated rings. The van der Waals surface area contributed by atoms with E-state index < -0.39 is 43.3 Å². The molecule has 0 aliphatic carbocycles. The number of carbonyl (C=O) groups excluding carboxylic acids is 1. The van der Waals surface area contributed by atoms with Crippen molar-refractivity contribution in [1.29, 1.82) is 0 Å². The largest absolute Gasteiger partial charge is 0.508 e. The SMILES string of the molecule is CO[C@H]1C[C@@H](c2ccc(O)cc2)Oc2cc(O[C@H]3O[C@@H](COC(=O)c4ccc(O)cc4)[C@H](O)[C@H](O)[C@@H]3O)ccc21. The van der Waals surface area contributed by atoms with Gasteiger partial charge >= 0.3 is 5.97 Å². The predicted octanol–water partition coefficient (Wildman–Crippen LogP) is 2.35. The molecule has 40 heavy (non-hydrogen) atoms. The van der Waals surface area contributed by atoms with Gasteiger partial charge in [0.1, 0.15) is 60.1 Å². The van der Waals surface area contributed by atoms with Crippen LogP contribution in [0.5, 0.6) is 23.0 Å². The van der Waals surface area contributed by atoms with Crippen LogP contribution < -0.4 is 9.47 Å². The fraction of sp³-hybridized carbons (Fsp3) is 0.345. The van der Waals surface area contributed by atoms with E-state index in [1.165, 1.54) is 24.3 Å². The van der Waals surface area contributed by atoms with Crippen molar-refractivity contribution in [2.24, 2.45) is 0 Å². The van der Waals surface area contributed by atoms with Gasteiger partial charge in [0.25, 0.3) is 0 Å². The van der Waals surface area contributed by atoms with Crippen molar-refractivity contribution in [3.05, 3.63) is 83.4 Å². The summed E-state index contributed by atoms with van der Waals surface area (Å²) in [5, 5.41) is 50.4.